The number of para-hydroxylation sites is 1. The number of rotatable bonds is 10. The van der Waals surface area contributed by atoms with Crippen LogP contribution in [-0.2, 0) is 9.59 Å². The van der Waals surface area contributed by atoms with Gasteiger partial charge in [-0.3, -0.25) is 24.2 Å². The molecule has 0 radical (unpaired) electrons. The first-order chi connectivity index (χ1) is 21.3. The van der Waals surface area contributed by atoms with Gasteiger partial charge >= 0.3 is 0 Å². The van der Waals surface area contributed by atoms with E-state index < -0.39 is 18.1 Å². The number of amides is 3. The summed E-state index contributed by atoms with van der Waals surface area (Å²) in [5.74, 6) is -0.568. The first-order valence-corrected chi connectivity index (χ1v) is 15.7. The molecule has 4 atom stereocenters. The molecule has 4 N–H and O–H groups in total. The Morgan fingerprint density at radius 2 is 1.82 bits per heavy atom. The van der Waals surface area contributed by atoms with Crippen LogP contribution in [0.5, 0.6) is 0 Å². The van der Waals surface area contributed by atoms with Crippen molar-refractivity contribution in [3.05, 3.63) is 65.2 Å². The third kappa shape index (κ3) is 7.13. The Kier molecular flexibility index (Phi) is 11.2. The van der Waals surface area contributed by atoms with E-state index in [1.165, 1.54) is 11.3 Å². The van der Waals surface area contributed by atoms with Crippen molar-refractivity contribution in [1.29, 1.82) is 0 Å². The van der Waals surface area contributed by atoms with Crippen molar-refractivity contribution in [2.75, 3.05) is 20.2 Å². The standard InChI is InChI=1S/C31H36N6O4S.CH4O/c1-3-24-31(41)37-21(18-36(24)30(40)20-10-5-4-6-11-20)15-16-25(37)28(39)34-23(13-9-17-33-19(2)32)27(38)29-35-22-12-7-8-14-26(22)42-29;1-2/h4-8,10-12,14,21,23-25H,3,9,13,15-18H2,1-2H3,(H2,32,33)(H,34,39);2H,1H3. The second-order valence-corrected chi connectivity index (χ2v) is 11.8. The Morgan fingerprint density at radius 3 is 2.50 bits per heavy atom. The highest BCUT2D eigenvalue weighted by atomic mass is 32.1. The minimum atomic E-state index is -0.816. The van der Waals surface area contributed by atoms with Crippen LogP contribution in [0.4, 0.5) is 0 Å². The van der Waals surface area contributed by atoms with E-state index in [-0.39, 0.29) is 29.5 Å². The monoisotopic (exact) mass is 620 g/mol. The van der Waals surface area contributed by atoms with Gasteiger partial charge in [-0.1, -0.05) is 37.3 Å². The normalized spacial score (nSPS) is 20.5. The summed E-state index contributed by atoms with van der Waals surface area (Å²) in [5.41, 5.74) is 6.94. The summed E-state index contributed by atoms with van der Waals surface area (Å²) >= 11 is 1.30. The van der Waals surface area contributed by atoms with E-state index in [1.54, 1.807) is 41.0 Å². The lowest BCUT2D eigenvalue weighted by molar-refractivity contribution is -0.149. The number of Topliss-reactive ketones (excluding diaryl/α,β-unsaturated/α-hetero) is 1. The number of aliphatic hydroxyl groups excluding tert-OH is 1. The number of nitrogens with two attached hydrogens (primary N) is 1. The Labute approximate surface area is 261 Å². The summed E-state index contributed by atoms with van der Waals surface area (Å²) in [5, 5.41) is 10.3. The first-order valence-electron chi connectivity index (χ1n) is 14.9. The van der Waals surface area contributed by atoms with Gasteiger partial charge in [0.2, 0.25) is 17.6 Å². The SMILES string of the molecule is CCC1C(=O)N2C(CCC2C(=O)NC(CCCN=C(C)N)C(=O)c2nc3ccccc3s2)CN1C(=O)c1ccccc1.CO. The molecule has 0 saturated carbocycles. The minimum absolute atomic E-state index is 0.180. The van der Waals surface area contributed by atoms with Crippen LogP contribution in [-0.4, -0.2) is 93.6 Å². The van der Waals surface area contributed by atoms with Crippen molar-refractivity contribution in [3.63, 3.8) is 0 Å². The smallest absolute Gasteiger partial charge is 0.254 e. The molecule has 5 rings (SSSR count). The molecule has 11 nitrogen and oxygen atoms in total. The third-order valence-electron chi connectivity index (χ3n) is 7.95. The van der Waals surface area contributed by atoms with Gasteiger partial charge in [0.15, 0.2) is 5.01 Å². The lowest BCUT2D eigenvalue weighted by Crippen LogP contribution is -2.64. The molecule has 234 valence electrons. The number of nitrogens with one attached hydrogen (secondary N) is 1. The molecule has 2 saturated heterocycles. The zero-order valence-corrected chi connectivity index (χ0v) is 26.1. The molecular formula is C32H40N6O5S. The predicted octanol–water partition coefficient (Wildman–Crippen LogP) is 3.02. The number of hydrogen-bond acceptors (Lipinski definition) is 8. The number of ketones is 1. The molecule has 2 aliphatic rings. The maximum Gasteiger partial charge on any atom is 0.254 e. The number of thiazole rings is 1. The fourth-order valence-electron chi connectivity index (χ4n) is 5.89. The number of nitrogens with zero attached hydrogens (tertiary/aromatic N) is 4. The summed E-state index contributed by atoms with van der Waals surface area (Å²) in [6.07, 6.45) is 2.40. The molecule has 2 aromatic carbocycles. The van der Waals surface area contributed by atoms with Gasteiger partial charge in [-0.25, -0.2) is 4.98 Å². The quantitative estimate of drug-likeness (QED) is 0.136. The topological polar surface area (TPSA) is 158 Å². The molecule has 12 heteroatoms. The Morgan fingerprint density at radius 1 is 1.11 bits per heavy atom. The molecular weight excluding hydrogens is 580 g/mol. The molecule has 4 unspecified atom stereocenters. The van der Waals surface area contributed by atoms with Crippen LogP contribution in [0.2, 0.25) is 0 Å². The van der Waals surface area contributed by atoms with Crippen molar-refractivity contribution in [2.24, 2.45) is 10.7 Å². The average molecular weight is 621 g/mol. The van der Waals surface area contributed by atoms with Crippen LogP contribution in [0, 0.1) is 0 Å². The van der Waals surface area contributed by atoms with Crippen LogP contribution in [0.25, 0.3) is 10.2 Å². The number of benzene rings is 2. The van der Waals surface area contributed by atoms with Gasteiger partial charge in [0.25, 0.3) is 5.91 Å². The Hall–Kier alpha value is -4.16. The van der Waals surface area contributed by atoms with Crippen molar-refractivity contribution in [3.8, 4) is 0 Å². The zero-order chi connectivity index (χ0) is 31.8. The lowest BCUT2D eigenvalue weighted by atomic mass is 10.0. The van der Waals surface area contributed by atoms with Crippen molar-refractivity contribution in [1.82, 2.24) is 20.1 Å². The summed E-state index contributed by atoms with van der Waals surface area (Å²) in [6.45, 7) is 4.38. The third-order valence-corrected chi connectivity index (χ3v) is 9.00. The number of fused-ring (bicyclic) bond motifs is 2. The summed E-state index contributed by atoms with van der Waals surface area (Å²) in [4.78, 5) is 66.5. The van der Waals surface area contributed by atoms with E-state index in [2.05, 4.69) is 15.3 Å². The molecule has 2 aliphatic heterocycles. The maximum absolute atomic E-state index is 13.8. The first kappa shape index (κ1) is 32.7. The number of piperazine rings is 1. The summed E-state index contributed by atoms with van der Waals surface area (Å²) < 4.78 is 0.895. The highest BCUT2D eigenvalue weighted by Crippen LogP contribution is 2.33. The largest absolute Gasteiger partial charge is 0.400 e. The van der Waals surface area contributed by atoms with E-state index in [0.29, 0.717) is 61.6 Å². The van der Waals surface area contributed by atoms with Crippen LogP contribution in [0.1, 0.15) is 66.1 Å². The maximum atomic E-state index is 13.8. The molecule has 3 amide bonds. The van der Waals surface area contributed by atoms with Crippen LogP contribution in [0.3, 0.4) is 0 Å². The van der Waals surface area contributed by atoms with Crippen molar-refractivity contribution >= 4 is 50.9 Å². The van der Waals surface area contributed by atoms with Gasteiger partial charge in [-0.05, 0) is 63.3 Å². The van der Waals surface area contributed by atoms with Crippen LogP contribution < -0.4 is 11.1 Å². The highest BCUT2D eigenvalue weighted by Gasteiger charge is 2.50. The average Bonchev–Trinajstić information content (AvgIpc) is 3.68. The van der Waals surface area contributed by atoms with Gasteiger partial charge in [0.05, 0.1) is 28.1 Å². The molecule has 1 aromatic heterocycles. The number of amidine groups is 1. The number of carbonyl (C=O) groups is 4. The number of carbonyl (C=O) groups excluding carboxylic acids is 4. The molecule has 2 fully saturated rings. The van der Waals surface area contributed by atoms with E-state index in [0.717, 1.165) is 17.3 Å². The van der Waals surface area contributed by atoms with Crippen LogP contribution in [0.15, 0.2) is 59.6 Å². The highest BCUT2D eigenvalue weighted by molar-refractivity contribution is 7.20. The minimum Gasteiger partial charge on any atom is -0.400 e. The second kappa shape index (κ2) is 15.0. The fraction of sp³-hybridized carbons (Fsp3) is 0.438. The molecule has 0 bridgehead atoms. The van der Waals surface area contributed by atoms with Gasteiger partial charge < -0.3 is 26.0 Å². The van der Waals surface area contributed by atoms with E-state index >= 15 is 0 Å². The molecule has 3 heterocycles. The Balaban J connectivity index is 0.00000216. The number of aliphatic imine (C=N–C) groups is 1. The second-order valence-electron chi connectivity index (χ2n) is 10.8. The van der Waals surface area contributed by atoms with Crippen LogP contribution >= 0.6 is 11.3 Å². The van der Waals surface area contributed by atoms with E-state index in [1.807, 2.05) is 37.3 Å². The molecule has 3 aromatic rings. The van der Waals surface area contributed by atoms with E-state index in [9.17, 15) is 19.2 Å². The summed E-state index contributed by atoms with van der Waals surface area (Å²) in [7, 11) is 1.00. The zero-order valence-electron chi connectivity index (χ0n) is 25.3. The van der Waals surface area contributed by atoms with E-state index in [4.69, 9.17) is 10.8 Å². The predicted molar refractivity (Wildman–Crippen MR) is 171 cm³/mol. The van der Waals surface area contributed by atoms with Crippen molar-refractivity contribution in [2.45, 2.75) is 70.1 Å². The lowest BCUT2D eigenvalue weighted by Gasteiger charge is -2.44. The van der Waals surface area contributed by atoms with Gasteiger partial charge in [0.1, 0.15) is 12.1 Å². The molecule has 0 aliphatic carbocycles. The van der Waals surface area contributed by atoms with Gasteiger partial charge in [-0.15, -0.1) is 11.3 Å². The number of aliphatic hydroxyl groups is 1. The van der Waals surface area contributed by atoms with Gasteiger partial charge in [-0.2, -0.15) is 0 Å². The molecule has 44 heavy (non-hydrogen) atoms. The Bertz CT molecular complexity index is 1470. The van der Waals surface area contributed by atoms with Crippen molar-refractivity contribution < 1.29 is 24.3 Å². The number of hydrogen-bond donors (Lipinski definition) is 3. The summed E-state index contributed by atoms with van der Waals surface area (Å²) in [6, 6.07) is 14.0. The number of aromatic nitrogens is 1. The fourth-order valence-corrected chi connectivity index (χ4v) is 6.85. The van der Waals surface area contributed by atoms with Gasteiger partial charge in [0, 0.05) is 25.8 Å². The molecule has 0 spiro atoms.